The summed E-state index contributed by atoms with van der Waals surface area (Å²) in [6.07, 6.45) is 3.09. The first kappa shape index (κ1) is 20.1. The van der Waals surface area contributed by atoms with Crippen LogP contribution in [0.2, 0.25) is 5.02 Å². The zero-order valence-electron chi connectivity index (χ0n) is 15.9. The van der Waals surface area contributed by atoms with Crippen molar-refractivity contribution in [3.63, 3.8) is 0 Å². The van der Waals surface area contributed by atoms with E-state index in [1.165, 1.54) is 16.0 Å². The lowest BCUT2D eigenvalue weighted by Crippen LogP contribution is -2.42. The molecule has 0 unspecified atom stereocenters. The van der Waals surface area contributed by atoms with Crippen molar-refractivity contribution in [1.82, 2.24) is 9.80 Å². The molecule has 2 aromatic carbocycles. The molecule has 0 aromatic heterocycles. The number of likely N-dealkylation sites (N-methyl/N-ethyl adjacent to an activating group) is 1. The Morgan fingerprint density at radius 1 is 1.11 bits per heavy atom. The Morgan fingerprint density at radius 2 is 1.82 bits per heavy atom. The molecule has 0 aliphatic carbocycles. The second-order valence-electron chi connectivity index (χ2n) is 6.86. The molecule has 5 nitrogen and oxygen atoms in total. The molecule has 1 aliphatic rings. The minimum absolute atomic E-state index is 0.0109. The summed E-state index contributed by atoms with van der Waals surface area (Å²) < 4.78 is 0. The zero-order chi connectivity index (χ0) is 19.9. The van der Waals surface area contributed by atoms with Gasteiger partial charge in [-0.2, -0.15) is 0 Å². The molecule has 1 aliphatic heterocycles. The average molecular weight is 398 g/mol. The minimum atomic E-state index is -0.270. The summed E-state index contributed by atoms with van der Waals surface area (Å²) in [7, 11) is 1.64. The second-order valence-corrected chi connectivity index (χ2v) is 7.27. The van der Waals surface area contributed by atoms with Crippen LogP contribution in [-0.4, -0.2) is 54.8 Å². The standard InChI is InChI=1S/C22H24ClN3O2/c1-25(15-21(27)24-20-10-6-5-9-19(20)23)22(28)16-26-13-11-18(12-14-26)17-7-3-2-4-8-17/h2-11H,12-16H2,1H3,(H,24,27). The number of halogens is 1. The van der Waals surface area contributed by atoms with E-state index in [0.29, 0.717) is 17.3 Å². The molecule has 28 heavy (non-hydrogen) atoms. The van der Waals surface area contributed by atoms with E-state index < -0.39 is 0 Å². The van der Waals surface area contributed by atoms with Crippen LogP contribution in [-0.2, 0) is 9.59 Å². The molecule has 0 saturated carbocycles. The third-order valence-electron chi connectivity index (χ3n) is 4.75. The monoisotopic (exact) mass is 397 g/mol. The van der Waals surface area contributed by atoms with E-state index in [1.807, 2.05) is 18.2 Å². The number of nitrogens with zero attached hydrogens (tertiary/aromatic N) is 2. The molecule has 2 amide bonds. The SMILES string of the molecule is CN(CC(=O)Nc1ccccc1Cl)C(=O)CN1CC=C(c2ccccc2)CC1. The second kappa shape index (κ2) is 9.53. The van der Waals surface area contributed by atoms with Crippen LogP contribution in [0.15, 0.2) is 60.7 Å². The van der Waals surface area contributed by atoms with Gasteiger partial charge in [-0.3, -0.25) is 14.5 Å². The van der Waals surface area contributed by atoms with E-state index >= 15 is 0 Å². The molecule has 3 rings (SSSR count). The highest BCUT2D eigenvalue weighted by atomic mass is 35.5. The molecule has 0 atom stereocenters. The van der Waals surface area contributed by atoms with Gasteiger partial charge in [-0.25, -0.2) is 0 Å². The van der Waals surface area contributed by atoms with Gasteiger partial charge in [0.2, 0.25) is 11.8 Å². The normalized spacial score (nSPS) is 14.3. The van der Waals surface area contributed by atoms with E-state index in [9.17, 15) is 9.59 Å². The number of nitrogens with one attached hydrogen (secondary N) is 1. The lowest BCUT2D eigenvalue weighted by molar-refractivity contribution is -0.134. The molecular formula is C22H24ClN3O2. The molecule has 146 valence electrons. The average Bonchev–Trinajstić information content (AvgIpc) is 2.71. The molecule has 0 radical (unpaired) electrons. The molecule has 2 aromatic rings. The van der Waals surface area contributed by atoms with Crippen LogP contribution in [0.1, 0.15) is 12.0 Å². The van der Waals surface area contributed by atoms with Crippen molar-refractivity contribution >= 4 is 34.7 Å². The summed E-state index contributed by atoms with van der Waals surface area (Å²) >= 11 is 6.04. The van der Waals surface area contributed by atoms with Crippen molar-refractivity contribution in [2.75, 3.05) is 38.5 Å². The first-order valence-corrected chi connectivity index (χ1v) is 9.66. The molecule has 0 saturated heterocycles. The summed E-state index contributed by atoms with van der Waals surface area (Å²) in [6, 6.07) is 17.3. The molecule has 0 bridgehead atoms. The topological polar surface area (TPSA) is 52.7 Å². The Balaban J connectivity index is 1.47. The smallest absolute Gasteiger partial charge is 0.244 e. The maximum atomic E-state index is 12.5. The Morgan fingerprint density at radius 3 is 2.50 bits per heavy atom. The van der Waals surface area contributed by atoms with E-state index in [2.05, 4.69) is 28.4 Å². The van der Waals surface area contributed by atoms with Crippen LogP contribution in [0.3, 0.4) is 0 Å². The predicted molar refractivity (Wildman–Crippen MR) is 113 cm³/mol. The first-order valence-electron chi connectivity index (χ1n) is 9.28. The molecule has 0 fully saturated rings. The molecule has 1 N–H and O–H groups in total. The van der Waals surface area contributed by atoms with E-state index in [1.54, 1.807) is 31.3 Å². The van der Waals surface area contributed by atoms with Gasteiger partial charge >= 0.3 is 0 Å². The fraction of sp³-hybridized carbons (Fsp3) is 0.273. The summed E-state index contributed by atoms with van der Waals surface area (Å²) in [5, 5.41) is 3.21. The van der Waals surface area contributed by atoms with Crippen LogP contribution in [0.4, 0.5) is 5.69 Å². The first-order chi connectivity index (χ1) is 13.5. The van der Waals surface area contributed by atoms with Crippen LogP contribution >= 0.6 is 11.6 Å². The van der Waals surface area contributed by atoms with Crippen LogP contribution in [0, 0.1) is 0 Å². The van der Waals surface area contributed by atoms with Crippen LogP contribution in [0.25, 0.3) is 5.57 Å². The van der Waals surface area contributed by atoms with E-state index in [-0.39, 0.29) is 18.4 Å². The van der Waals surface area contributed by atoms with E-state index in [0.717, 1.165) is 19.5 Å². The Bertz CT molecular complexity index is 867. The van der Waals surface area contributed by atoms with Crippen molar-refractivity contribution < 1.29 is 9.59 Å². The van der Waals surface area contributed by atoms with Gasteiger partial charge in [0.15, 0.2) is 0 Å². The summed E-state index contributed by atoms with van der Waals surface area (Å²) in [4.78, 5) is 28.2. The number of anilines is 1. The summed E-state index contributed by atoms with van der Waals surface area (Å²) in [6.45, 7) is 1.85. The number of para-hydroxylation sites is 1. The van der Waals surface area contributed by atoms with Crippen molar-refractivity contribution in [3.05, 3.63) is 71.3 Å². The predicted octanol–water partition coefficient (Wildman–Crippen LogP) is 3.53. The van der Waals surface area contributed by atoms with Gasteiger partial charge in [0.25, 0.3) is 0 Å². The Labute approximate surface area is 170 Å². The van der Waals surface area contributed by atoms with Gasteiger partial charge in [-0.15, -0.1) is 0 Å². The number of carbonyl (C=O) groups excluding carboxylic acids is 2. The van der Waals surface area contributed by atoms with Gasteiger partial charge < -0.3 is 10.2 Å². The number of rotatable bonds is 6. The number of carbonyl (C=O) groups is 2. The number of hydrogen-bond acceptors (Lipinski definition) is 3. The molecule has 0 spiro atoms. The lowest BCUT2D eigenvalue weighted by atomic mass is 10.00. The van der Waals surface area contributed by atoms with Gasteiger partial charge in [-0.05, 0) is 29.7 Å². The molecule has 6 heteroatoms. The maximum absolute atomic E-state index is 12.5. The van der Waals surface area contributed by atoms with Gasteiger partial charge in [-0.1, -0.05) is 60.1 Å². The highest BCUT2D eigenvalue weighted by Gasteiger charge is 2.19. The fourth-order valence-corrected chi connectivity index (χ4v) is 3.32. The third kappa shape index (κ3) is 5.44. The minimum Gasteiger partial charge on any atom is -0.335 e. The summed E-state index contributed by atoms with van der Waals surface area (Å²) in [5.74, 6) is -0.347. The fourth-order valence-electron chi connectivity index (χ4n) is 3.14. The molecular weight excluding hydrogens is 374 g/mol. The van der Waals surface area contributed by atoms with Gasteiger partial charge in [0, 0.05) is 20.1 Å². The quantitative estimate of drug-likeness (QED) is 0.811. The van der Waals surface area contributed by atoms with Crippen LogP contribution < -0.4 is 5.32 Å². The maximum Gasteiger partial charge on any atom is 0.244 e. The van der Waals surface area contributed by atoms with Crippen molar-refractivity contribution in [1.29, 1.82) is 0 Å². The number of benzene rings is 2. The largest absolute Gasteiger partial charge is 0.335 e. The highest BCUT2D eigenvalue weighted by molar-refractivity contribution is 6.33. The third-order valence-corrected chi connectivity index (χ3v) is 5.08. The zero-order valence-corrected chi connectivity index (χ0v) is 16.7. The number of hydrogen-bond donors (Lipinski definition) is 1. The van der Waals surface area contributed by atoms with Crippen molar-refractivity contribution in [2.45, 2.75) is 6.42 Å². The lowest BCUT2D eigenvalue weighted by Gasteiger charge is -2.27. The number of amides is 2. The summed E-state index contributed by atoms with van der Waals surface area (Å²) in [5.41, 5.74) is 3.10. The van der Waals surface area contributed by atoms with Crippen molar-refractivity contribution in [2.24, 2.45) is 0 Å². The molecule has 1 heterocycles. The van der Waals surface area contributed by atoms with Crippen molar-refractivity contribution in [3.8, 4) is 0 Å². The van der Waals surface area contributed by atoms with Gasteiger partial charge in [0.1, 0.15) is 0 Å². The van der Waals surface area contributed by atoms with Crippen LogP contribution in [0.5, 0.6) is 0 Å². The Hall–Kier alpha value is -2.63. The highest BCUT2D eigenvalue weighted by Crippen LogP contribution is 2.22. The Kier molecular flexibility index (Phi) is 6.85. The van der Waals surface area contributed by atoms with Gasteiger partial charge in [0.05, 0.1) is 23.8 Å². The van der Waals surface area contributed by atoms with E-state index in [4.69, 9.17) is 11.6 Å².